The lowest BCUT2D eigenvalue weighted by molar-refractivity contribution is -0.0177. The molecule has 1 nitrogen and oxygen atoms in total. The normalized spacial score (nSPS) is 14.4. The fourth-order valence-electron chi connectivity index (χ4n) is 1.90. The second-order valence-electron chi connectivity index (χ2n) is 4.75. The maximum Gasteiger partial charge on any atom is 0.100 e. The summed E-state index contributed by atoms with van der Waals surface area (Å²) in [6, 6.07) is 8.35. The lowest BCUT2D eigenvalue weighted by atomic mass is 9.98. The van der Waals surface area contributed by atoms with Crippen LogP contribution in [0.25, 0.3) is 0 Å². The summed E-state index contributed by atoms with van der Waals surface area (Å²) >= 11 is 6.03. The van der Waals surface area contributed by atoms with Crippen LogP contribution in [0.2, 0.25) is 0 Å². The van der Waals surface area contributed by atoms with Crippen molar-refractivity contribution in [2.45, 2.75) is 45.1 Å². The third-order valence-corrected chi connectivity index (χ3v) is 5.26. The number of ether oxygens (including phenoxy) is 1. The Bertz CT molecular complexity index is 356. The summed E-state index contributed by atoms with van der Waals surface area (Å²) in [7, 11) is 0. The molecule has 3 heteroatoms. The largest absolute Gasteiger partial charge is 0.370 e. The Balaban J connectivity index is 2.60. The minimum absolute atomic E-state index is 0.188. The van der Waals surface area contributed by atoms with E-state index in [1.54, 1.807) is 0 Å². The number of hydrogen-bond donors (Lipinski definition) is 0. The first-order valence-corrected chi connectivity index (χ1v) is 8.91. The van der Waals surface area contributed by atoms with Crippen LogP contribution in [-0.4, -0.2) is 11.0 Å². The van der Waals surface area contributed by atoms with E-state index in [1.165, 1.54) is 24.8 Å². The average Bonchev–Trinajstić information content (AvgIpc) is 2.39. The molecule has 0 saturated carbocycles. The van der Waals surface area contributed by atoms with Gasteiger partial charge >= 0.3 is 0 Å². The molecule has 0 aliphatic heterocycles. The van der Waals surface area contributed by atoms with Crippen molar-refractivity contribution < 1.29 is 4.74 Å². The SMILES string of the molecule is CCCCCCOC(C)(CI)c1ccccc1Br. The van der Waals surface area contributed by atoms with E-state index < -0.39 is 0 Å². The summed E-state index contributed by atoms with van der Waals surface area (Å²) in [5.74, 6) is 0. The highest BCUT2D eigenvalue weighted by atomic mass is 127. The molecule has 0 bridgehead atoms. The topological polar surface area (TPSA) is 9.23 Å². The summed E-state index contributed by atoms with van der Waals surface area (Å²) < 4.78 is 8.25. The molecule has 102 valence electrons. The van der Waals surface area contributed by atoms with E-state index in [9.17, 15) is 0 Å². The summed E-state index contributed by atoms with van der Waals surface area (Å²) in [6.45, 7) is 5.26. The summed E-state index contributed by atoms with van der Waals surface area (Å²) in [4.78, 5) is 0. The van der Waals surface area contributed by atoms with E-state index in [0.29, 0.717) is 0 Å². The standard InChI is InChI=1S/C15H22BrIO/c1-3-4-5-8-11-18-15(2,12-17)13-9-6-7-10-14(13)16/h6-7,9-10H,3-5,8,11-12H2,1-2H3. The molecule has 0 fully saturated rings. The Labute approximate surface area is 133 Å². The highest BCUT2D eigenvalue weighted by Crippen LogP contribution is 2.33. The molecule has 0 aromatic heterocycles. The van der Waals surface area contributed by atoms with Crippen molar-refractivity contribution >= 4 is 38.5 Å². The first-order valence-electron chi connectivity index (χ1n) is 6.59. The first-order chi connectivity index (χ1) is 8.64. The zero-order chi connectivity index (χ0) is 13.4. The Hall–Kier alpha value is 0.390. The molecule has 18 heavy (non-hydrogen) atoms. The molecule has 1 unspecified atom stereocenters. The highest BCUT2D eigenvalue weighted by Gasteiger charge is 2.27. The zero-order valence-corrected chi connectivity index (χ0v) is 15.0. The number of hydrogen-bond acceptors (Lipinski definition) is 1. The number of halogens is 2. The second-order valence-corrected chi connectivity index (χ2v) is 6.37. The molecule has 1 aromatic carbocycles. The molecular formula is C15H22BrIO. The fourth-order valence-corrected chi connectivity index (χ4v) is 3.24. The lowest BCUT2D eigenvalue weighted by Crippen LogP contribution is -2.28. The summed E-state index contributed by atoms with van der Waals surface area (Å²) in [6.07, 6.45) is 5.00. The van der Waals surface area contributed by atoms with E-state index in [-0.39, 0.29) is 5.60 Å². The lowest BCUT2D eigenvalue weighted by Gasteiger charge is -2.29. The molecule has 0 heterocycles. The van der Waals surface area contributed by atoms with Gasteiger partial charge in [0.05, 0.1) is 0 Å². The smallest absolute Gasteiger partial charge is 0.100 e. The predicted octanol–water partition coefficient (Wildman–Crippen LogP) is 5.70. The van der Waals surface area contributed by atoms with Crippen LogP contribution in [0.5, 0.6) is 0 Å². The number of benzene rings is 1. The van der Waals surface area contributed by atoms with Gasteiger partial charge < -0.3 is 4.74 Å². The van der Waals surface area contributed by atoms with Crippen LogP contribution in [0.4, 0.5) is 0 Å². The molecule has 0 aliphatic carbocycles. The van der Waals surface area contributed by atoms with Gasteiger partial charge in [0.15, 0.2) is 0 Å². The summed E-state index contributed by atoms with van der Waals surface area (Å²) in [5.41, 5.74) is 1.06. The maximum absolute atomic E-state index is 6.15. The maximum atomic E-state index is 6.15. The molecular weight excluding hydrogens is 403 g/mol. The molecule has 1 atom stereocenters. The van der Waals surface area contributed by atoms with Crippen LogP contribution in [-0.2, 0) is 10.3 Å². The number of alkyl halides is 1. The monoisotopic (exact) mass is 424 g/mol. The van der Waals surface area contributed by atoms with E-state index in [1.807, 2.05) is 6.07 Å². The Morgan fingerprint density at radius 3 is 2.56 bits per heavy atom. The van der Waals surface area contributed by atoms with Crippen molar-refractivity contribution in [3.63, 3.8) is 0 Å². The third kappa shape index (κ3) is 4.82. The van der Waals surface area contributed by atoms with Crippen molar-refractivity contribution in [2.24, 2.45) is 0 Å². The van der Waals surface area contributed by atoms with Crippen LogP contribution >= 0.6 is 38.5 Å². The molecule has 0 N–H and O–H groups in total. The van der Waals surface area contributed by atoms with Crippen LogP contribution in [0.3, 0.4) is 0 Å². The number of unbranched alkanes of at least 4 members (excludes halogenated alkanes) is 3. The van der Waals surface area contributed by atoms with Gasteiger partial charge in [0, 0.05) is 15.5 Å². The Morgan fingerprint density at radius 2 is 1.94 bits per heavy atom. The Morgan fingerprint density at radius 1 is 1.22 bits per heavy atom. The second kappa shape index (κ2) is 8.54. The van der Waals surface area contributed by atoms with E-state index in [4.69, 9.17) is 4.74 Å². The molecule has 0 radical (unpaired) electrons. The van der Waals surface area contributed by atoms with Gasteiger partial charge in [-0.1, -0.05) is 82.9 Å². The zero-order valence-electron chi connectivity index (χ0n) is 11.2. The quantitative estimate of drug-likeness (QED) is 0.295. The molecule has 0 spiro atoms. The van der Waals surface area contributed by atoms with Crippen LogP contribution < -0.4 is 0 Å². The minimum atomic E-state index is -0.188. The van der Waals surface area contributed by atoms with Gasteiger partial charge in [-0.3, -0.25) is 0 Å². The molecule has 0 amide bonds. The highest BCUT2D eigenvalue weighted by molar-refractivity contribution is 14.1. The predicted molar refractivity (Wildman–Crippen MR) is 90.5 cm³/mol. The van der Waals surface area contributed by atoms with Gasteiger partial charge in [-0.05, 0) is 25.0 Å². The fraction of sp³-hybridized carbons (Fsp3) is 0.600. The average molecular weight is 425 g/mol. The van der Waals surface area contributed by atoms with Crippen molar-refractivity contribution in [1.82, 2.24) is 0 Å². The molecule has 1 rings (SSSR count). The van der Waals surface area contributed by atoms with Crippen molar-refractivity contribution in [2.75, 3.05) is 11.0 Å². The van der Waals surface area contributed by atoms with Gasteiger partial charge in [0.1, 0.15) is 5.60 Å². The van der Waals surface area contributed by atoms with Crippen molar-refractivity contribution in [3.8, 4) is 0 Å². The first kappa shape index (κ1) is 16.4. The number of rotatable bonds is 8. The van der Waals surface area contributed by atoms with E-state index in [0.717, 1.165) is 21.9 Å². The van der Waals surface area contributed by atoms with E-state index in [2.05, 4.69) is 70.6 Å². The van der Waals surface area contributed by atoms with Crippen LogP contribution in [0.15, 0.2) is 28.7 Å². The van der Waals surface area contributed by atoms with Gasteiger partial charge in [-0.15, -0.1) is 0 Å². The van der Waals surface area contributed by atoms with Gasteiger partial charge in [0.2, 0.25) is 0 Å². The van der Waals surface area contributed by atoms with Crippen LogP contribution in [0, 0.1) is 0 Å². The van der Waals surface area contributed by atoms with Gasteiger partial charge in [0.25, 0.3) is 0 Å². The molecule has 1 aromatic rings. The van der Waals surface area contributed by atoms with Crippen LogP contribution in [0.1, 0.15) is 45.1 Å². The Kier molecular flexibility index (Phi) is 7.80. The molecule has 0 saturated heterocycles. The minimum Gasteiger partial charge on any atom is -0.370 e. The van der Waals surface area contributed by atoms with Gasteiger partial charge in [-0.2, -0.15) is 0 Å². The summed E-state index contributed by atoms with van der Waals surface area (Å²) in [5, 5.41) is 0. The van der Waals surface area contributed by atoms with Crippen molar-refractivity contribution in [1.29, 1.82) is 0 Å². The van der Waals surface area contributed by atoms with E-state index >= 15 is 0 Å². The molecule has 0 aliphatic rings. The van der Waals surface area contributed by atoms with Gasteiger partial charge in [-0.25, -0.2) is 0 Å². The van der Waals surface area contributed by atoms with Crippen molar-refractivity contribution in [3.05, 3.63) is 34.3 Å². The third-order valence-electron chi connectivity index (χ3n) is 3.12.